The monoisotopic (exact) mass is 494 g/mol. The number of carboxylic acid groups (broad SMARTS) is 1. The number of fused-ring (bicyclic) bond motifs is 1. The van der Waals surface area contributed by atoms with Crippen LogP contribution in [0.3, 0.4) is 0 Å². The predicted molar refractivity (Wildman–Crippen MR) is 127 cm³/mol. The zero-order valence-corrected chi connectivity index (χ0v) is 19.5. The van der Waals surface area contributed by atoms with Crippen LogP contribution < -0.4 is 9.64 Å². The topological polar surface area (TPSA) is 106 Å². The van der Waals surface area contributed by atoms with Crippen molar-refractivity contribution < 1.29 is 23.4 Å². The van der Waals surface area contributed by atoms with Gasteiger partial charge in [0.25, 0.3) is 0 Å². The van der Waals surface area contributed by atoms with Gasteiger partial charge in [0.2, 0.25) is 5.95 Å². The lowest BCUT2D eigenvalue weighted by molar-refractivity contribution is -0.142. The highest BCUT2D eigenvalue weighted by atomic mass is 19.3. The number of aliphatic carboxylic acids is 1. The molecule has 0 unspecified atom stereocenters. The Labute approximate surface area is 205 Å². The van der Waals surface area contributed by atoms with Gasteiger partial charge in [0, 0.05) is 43.0 Å². The predicted octanol–water partition coefficient (Wildman–Crippen LogP) is 3.99. The number of alkyl halides is 2. The second-order valence-corrected chi connectivity index (χ2v) is 8.67. The summed E-state index contributed by atoms with van der Waals surface area (Å²) >= 11 is 0. The summed E-state index contributed by atoms with van der Waals surface area (Å²) in [7, 11) is 0. The third kappa shape index (κ3) is 4.81. The maximum atomic E-state index is 12.9. The van der Waals surface area contributed by atoms with Crippen molar-refractivity contribution in [2.75, 3.05) is 18.0 Å². The molecule has 3 aromatic heterocycles. The molecule has 1 N–H and O–H groups in total. The van der Waals surface area contributed by atoms with Gasteiger partial charge >= 0.3 is 12.6 Å². The minimum Gasteiger partial charge on any atom is -0.481 e. The third-order valence-corrected chi connectivity index (χ3v) is 6.38. The number of hydrogen-bond acceptors (Lipinski definition) is 7. The fourth-order valence-corrected chi connectivity index (χ4v) is 4.43. The molecule has 9 nitrogen and oxygen atoms in total. The molecule has 186 valence electrons. The molecule has 0 amide bonds. The van der Waals surface area contributed by atoms with Crippen LogP contribution in [0.5, 0.6) is 5.75 Å². The molecule has 4 aromatic rings. The maximum absolute atomic E-state index is 12.9. The summed E-state index contributed by atoms with van der Waals surface area (Å²) < 4.78 is 32.1. The largest absolute Gasteiger partial charge is 0.481 e. The number of aromatic nitrogens is 5. The lowest BCUT2D eigenvalue weighted by Gasteiger charge is -2.29. The lowest BCUT2D eigenvalue weighted by Crippen LogP contribution is -2.37. The molecular weight excluding hydrogens is 470 g/mol. The van der Waals surface area contributed by atoms with Gasteiger partial charge in [0.1, 0.15) is 5.75 Å². The average Bonchev–Trinajstić information content (AvgIpc) is 3.19. The first-order chi connectivity index (χ1) is 17.4. The summed E-state index contributed by atoms with van der Waals surface area (Å²) in [6.07, 6.45) is 4.82. The van der Waals surface area contributed by atoms with Crippen LogP contribution in [0.25, 0.3) is 16.9 Å². The molecule has 0 radical (unpaired) electrons. The van der Waals surface area contributed by atoms with Crippen LogP contribution in [0.1, 0.15) is 29.8 Å². The molecule has 1 aliphatic rings. The van der Waals surface area contributed by atoms with E-state index in [2.05, 4.69) is 19.7 Å². The second kappa shape index (κ2) is 9.84. The van der Waals surface area contributed by atoms with Crippen molar-refractivity contribution in [1.82, 2.24) is 24.6 Å². The Morgan fingerprint density at radius 3 is 2.56 bits per heavy atom. The van der Waals surface area contributed by atoms with Crippen molar-refractivity contribution in [2.45, 2.75) is 32.8 Å². The fraction of sp³-hybridized carbons (Fsp3) is 0.320. The Morgan fingerprint density at radius 2 is 1.86 bits per heavy atom. The number of nitrogens with zero attached hydrogens (tertiary/aromatic N) is 6. The summed E-state index contributed by atoms with van der Waals surface area (Å²) in [6.45, 7) is 0.126. The quantitative estimate of drug-likeness (QED) is 0.411. The number of halogens is 2. The highest BCUT2D eigenvalue weighted by Gasteiger charge is 2.25. The SMILES string of the molecule is Cc1nc2ccc(-c3cnc(N4CCC(C(=O)O)CC4)nc3)nn2c1Cc1ccccc1OC(F)F. The Balaban J connectivity index is 1.40. The molecule has 36 heavy (non-hydrogen) atoms. The Kier molecular flexibility index (Phi) is 6.45. The number of imidazole rings is 1. The molecule has 11 heteroatoms. The number of carbonyl (C=O) groups is 1. The standard InChI is InChI=1S/C25H24F2N6O3/c1-15-20(12-17-4-2-3-5-21(17)36-24(26)27)33-22(30-15)7-6-19(31-33)18-13-28-25(29-14-18)32-10-8-16(9-11-32)23(34)35/h2-7,13-14,16,24H,8-12H2,1H3,(H,34,35). The highest BCUT2D eigenvalue weighted by molar-refractivity contribution is 5.70. The first-order valence-electron chi connectivity index (χ1n) is 11.6. The van der Waals surface area contributed by atoms with Crippen LogP contribution in [0.2, 0.25) is 0 Å². The van der Waals surface area contributed by atoms with Crippen molar-refractivity contribution in [3.63, 3.8) is 0 Å². The van der Waals surface area contributed by atoms with E-state index >= 15 is 0 Å². The van der Waals surface area contributed by atoms with Crippen molar-refractivity contribution in [3.8, 4) is 17.0 Å². The zero-order valence-electron chi connectivity index (χ0n) is 19.5. The average molecular weight is 495 g/mol. The van der Waals surface area contributed by atoms with Gasteiger partial charge in [-0.2, -0.15) is 13.9 Å². The summed E-state index contributed by atoms with van der Waals surface area (Å²) in [4.78, 5) is 26.7. The number of aryl methyl sites for hydroxylation is 1. The van der Waals surface area contributed by atoms with Crippen LogP contribution in [0.4, 0.5) is 14.7 Å². The fourth-order valence-electron chi connectivity index (χ4n) is 4.43. The van der Waals surface area contributed by atoms with E-state index in [1.54, 1.807) is 35.1 Å². The molecule has 0 aliphatic carbocycles. The molecule has 1 fully saturated rings. The summed E-state index contributed by atoms with van der Waals surface area (Å²) in [5.41, 5.74) is 4.08. The van der Waals surface area contributed by atoms with Gasteiger partial charge in [-0.3, -0.25) is 4.79 Å². The van der Waals surface area contributed by atoms with Crippen molar-refractivity contribution in [3.05, 3.63) is 65.7 Å². The molecule has 0 spiro atoms. The van der Waals surface area contributed by atoms with E-state index in [1.807, 2.05) is 24.0 Å². The smallest absolute Gasteiger partial charge is 0.387 e. The first-order valence-corrected chi connectivity index (χ1v) is 11.6. The Bertz CT molecular complexity index is 1380. The number of para-hydroxylation sites is 1. The number of carboxylic acids is 1. The van der Waals surface area contributed by atoms with E-state index in [9.17, 15) is 18.7 Å². The summed E-state index contributed by atoms with van der Waals surface area (Å²) in [6, 6.07) is 10.3. The Morgan fingerprint density at radius 1 is 1.14 bits per heavy atom. The highest BCUT2D eigenvalue weighted by Crippen LogP contribution is 2.26. The van der Waals surface area contributed by atoms with Gasteiger partial charge in [-0.1, -0.05) is 18.2 Å². The van der Waals surface area contributed by atoms with E-state index in [0.29, 0.717) is 60.8 Å². The molecular formula is C25H24F2N6O3. The molecule has 0 saturated carbocycles. The molecule has 1 aliphatic heterocycles. The minimum atomic E-state index is -2.91. The van der Waals surface area contributed by atoms with Gasteiger partial charge in [-0.25, -0.2) is 19.5 Å². The summed E-state index contributed by atoms with van der Waals surface area (Å²) in [5, 5.41) is 13.9. The first kappa shape index (κ1) is 23.6. The maximum Gasteiger partial charge on any atom is 0.387 e. The van der Waals surface area contributed by atoms with Crippen molar-refractivity contribution >= 4 is 17.6 Å². The molecule has 0 bridgehead atoms. The third-order valence-electron chi connectivity index (χ3n) is 6.38. The number of anilines is 1. The number of benzene rings is 1. The minimum absolute atomic E-state index is 0.120. The van der Waals surface area contributed by atoms with Gasteiger partial charge in [-0.15, -0.1) is 0 Å². The molecule has 1 aromatic carbocycles. The zero-order chi connectivity index (χ0) is 25.2. The van der Waals surface area contributed by atoms with Crippen LogP contribution in [0.15, 0.2) is 48.8 Å². The Hall–Kier alpha value is -4.15. The number of hydrogen-bond donors (Lipinski definition) is 1. The molecule has 4 heterocycles. The van der Waals surface area contributed by atoms with Crippen LogP contribution in [-0.2, 0) is 11.2 Å². The molecule has 0 atom stereocenters. The van der Waals surface area contributed by atoms with Gasteiger partial charge in [0.15, 0.2) is 5.65 Å². The van der Waals surface area contributed by atoms with Gasteiger partial charge in [0.05, 0.1) is 23.0 Å². The lowest BCUT2D eigenvalue weighted by atomic mass is 9.97. The van der Waals surface area contributed by atoms with Crippen LogP contribution >= 0.6 is 0 Å². The van der Waals surface area contributed by atoms with E-state index in [0.717, 1.165) is 11.4 Å². The van der Waals surface area contributed by atoms with Crippen molar-refractivity contribution in [2.24, 2.45) is 5.92 Å². The van der Waals surface area contributed by atoms with Crippen LogP contribution in [0, 0.1) is 12.8 Å². The number of piperidine rings is 1. The van der Waals surface area contributed by atoms with E-state index in [1.165, 1.54) is 6.07 Å². The van der Waals surface area contributed by atoms with Crippen molar-refractivity contribution in [1.29, 1.82) is 0 Å². The summed E-state index contributed by atoms with van der Waals surface area (Å²) in [5.74, 6) is -0.405. The second-order valence-electron chi connectivity index (χ2n) is 8.67. The molecule has 5 rings (SSSR count). The van der Waals surface area contributed by atoms with E-state index < -0.39 is 12.6 Å². The molecule has 1 saturated heterocycles. The van der Waals surface area contributed by atoms with Gasteiger partial charge < -0.3 is 14.7 Å². The van der Waals surface area contributed by atoms with Crippen LogP contribution in [-0.4, -0.2) is 55.3 Å². The number of rotatable bonds is 7. The van der Waals surface area contributed by atoms with E-state index in [4.69, 9.17) is 5.10 Å². The number of ether oxygens (including phenoxy) is 1. The normalized spacial score (nSPS) is 14.5. The van der Waals surface area contributed by atoms with E-state index in [-0.39, 0.29) is 11.7 Å². The van der Waals surface area contributed by atoms with Gasteiger partial charge in [-0.05, 0) is 38.0 Å².